The molecule has 3 rings (SSSR count). The van der Waals surface area contributed by atoms with Crippen LogP contribution in [0.3, 0.4) is 0 Å². The van der Waals surface area contributed by atoms with E-state index in [4.69, 9.17) is 0 Å². The van der Waals surface area contributed by atoms with E-state index in [2.05, 4.69) is 58.2 Å². The summed E-state index contributed by atoms with van der Waals surface area (Å²) in [6, 6.07) is 14.1. The van der Waals surface area contributed by atoms with Crippen molar-refractivity contribution in [2.45, 2.75) is 13.8 Å². The number of benzene rings is 2. The van der Waals surface area contributed by atoms with Gasteiger partial charge in [-0.25, -0.2) is 0 Å². The molecule has 1 N–H and O–H groups in total. The Labute approximate surface area is 138 Å². The zero-order valence-electron chi connectivity index (χ0n) is 12.6. The largest absolute Gasteiger partial charge is 0.347 e. The summed E-state index contributed by atoms with van der Waals surface area (Å²) in [5, 5.41) is 2.91. The van der Waals surface area contributed by atoms with Crippen LogP contribution in [0, 0.1) is 6.92 Å². The molecule has 112 valence electrons. The number of hydrogen-bond acceptors (Lipinski definition) is 2. The number of rotatable bonds is 3. The van der Waals surface area contributed by atoms with Gasteiger partial charge in [0.05, 0.1) is 5.57 Å². The molecule has 1 heterocycles. The molecule has 0 aliphatic carbocycles. The van der Waals surface area contributed by atoms with Crippen LogP contribution in [0.5, 0.6) is 0 Å². The van der Waals surface area contributed by atoms with E-state index < -0.39 is 0 Å². The Bertz CT molecular complexity index is 767. The van der Waals surface area contributed by atoms with Crippen molar-refractivity contribution in [2.24, 2.45) is 0 Å². The number of fused-ring (bicyclic) bond motifs is 1. The second kappa shape index (κ2) is 5.97. The standard InChI is InChI=1S/C18H17BrN2O/c1-3-21(14-6-4-5-12(2)9-14)11-16-15-10-13(19)7-8-17(15)20-18(16)22/h4-11H,3H2,1-2H3,(H,20,22)/b16-11+. The van der Waals surface area contributed by atoms with Crippen LogP contribution in [0.15, 0.2) is 53.1 Å². The third-order valence-corrected chi connectivity index (χ3v) is 4.22. The summed E-state index contributed by atoms with van der Waals surface area (Å²) in [5.41, 5.74) is 4.78. The molecule has 0 saturated heterocycles. The van der Waals surface area contributed by atoms with Gasteiger partial charge in [0.15, 0.2) is 0 Å². The monoisotopic (exact) mass is 356 g/mol. The van der Waals surface area contributed by atoms with E-state index in [1.54, 1.807) is 0 Å². The Morgan fingerprint density at radius 1 is 1.23 bits per heavy atom. The molecule has 0 atom stereocenters. The molecule has 0 saturated carbocycles. The van der Waals surface area contributed by atoms with Crippen LogP contribution in [0.25, 0.3) is 5.57 Å². The molecule has 0 spiro atoms. The van der Waals surface area contributed by atoms with Gasteiger partial charge in [0.25, 0.3) is 5.91 Å². The van der Waals surface area contributed by atoms with Gasteiger partial charge >= 0.3 is 0 Å². The molecular weight excluding hydrogens is 340 g/mol. The van der Waals surface area contributed by atoms with Gasteiger partial charge in [0.2, 0.25) is 0 Å². The average Bonchev–Trinajstić information content (AvgIpc) is 2.80. The van der Waals surface area contributed by atoms with Crippen LogP contribution >= 0.6 is 15.9 Å². The summed E-state index contributed by atoms with van der Waals surface area (Å²) >= 11 is 3.47. The van der Waals surface area contributed by atoms with Crippen molar-refractivity contribution in [2.75, 3.05) is 16.8 Å². The topological polar surface area (TPSA) is 32.3 Å². The summed E-state index contributed by atoms with van der Waals surface area (Å²) in [4.78, 5) is 14.4. The van der Waals surface area contributed by atoms with Gasteiger partial charge in [-0.3, -0.25) is 4.79 Å². The highest BCUT2D eigenvalue weighted by molar-refractivity contribution is 9.10. The lowest BCUT2D eigenvalue weighted by Gasteiger charge is -2.19. The fourth-order valence-electron chi connectivity index (χ4n) is 2.60. The number of carbonyl (C=O) groups is 1. The van der Waals surface area contributed by atoms with Crippen molar-refractivity contribution in [3.8, 4) is 0 Å². The minimum atomic E-state index is -0.0563. The number of hydrogen-bond donors (Lipinski definition) is 1. The van der Waals surface area contributed by atoms with Gasteiger partial charge in [-0.1, -0.05) is 28.1 Å². The molecule has 2 aromatic rings. The molecule has 4 heteroatoms. The minimum Gasteiger partial charge on any atom is -0.347 e. The fraction of sp³-hybridized carbons (Fsp3) is 0.167. The summed E-state index contributed by atoms with van der Waals surface area (Å²) in [6.45, 7) is 4.94. The third-order valence-electron chi connectivity index (χ3n) is 3.72. The SMILES string of the molecule is CCN(/C=C1/C(=O)Nc2ccc(Br)cc21)c1cccc(C)c1. The van der Waals surface area contributed by atoms with Gasteiger partial charge in [0, 0.05) is 34.2 Å². The molecule has 0 bridgehead atoms. The first-order valence-electron chi connectivity index (χ1n) is 7.25. The predicted octanol–water partition coefficient (Wildman–Crippen LogP) is 4.58. The van der Waals surface area contributed by atoms with Crippen LogP contribution in [0.2, 0.25) is 0 Å². The Morgan fingerprint density at radius 2 is 2.05 bits per heavy atom. The van der Waals surface area contributed by atoms with Crippen LogP contribution < -0.4 is 10.2 Å². The van der Waals surface area contributed by atoms with E-state index in [0.717, 1.165) is 28.0 Å². The summed E-state index contributed by atoms with van der Waals surface area (Å²) in [7, 11) is 0. The van der Waals surface area contributed by atoms with Gasteiger partial charge in [-0.15, -0.1) is 0 Å². The molecule has 22 heavy (non-hydrogen) atoms. The summed E-state index contributed by atoms with van der Waals surface area (Å²) in [5.74, 6) is -0.0563. The second-order valence-electron chi connectivity index (χ2n) is 5.31. The smallest absolute Gasteiger partial charge is 0.257 e. The van der Waals surface area contributed by atoms with Crippen molar-refractivity contribution in [3.05, 3.63) is 64.3 Å². The maximum atomic E-state index is 12.3. The Hall–Kier alpha value is -2.07. The number of carbonyl (C=O) groups excluding carboxylic acids is 1. The Balaban J connectivity index is 2.04. The van der Waals surface area contributed by atoms with E-state index in [1.807, 2.05) is 30.5 Å². The molecule has 0 fully saturated rings. The first kappa shape index (κ1) is 14.9. The first-order valence-corrected chi connectivity index (χ1v) is 8.04. The molecule has 2 aromatic carbocycles. The maximum Gasteiger partial charge on any atom is 0.257 e. The molecule has 0 unspecified atom stereocenters. The summed E-state index contributed by atoms with van der Waals surface area (Å²) in [6.07, 6.45) is 1.93. The van der Waals surface area contributed by atoms with Crippen molar-refractivity contribution in [1.29, 1.82) is 0 Å². The lowest BCUT2D eigenvalue weighted by atomic mass is 10.1. The molecular formula is C18H17BrN2O. The molecule has 0 radical (unpaired) electrons. The lowest BCUT2D eigenvalue weighted by molar-refractivity contribution is -0.110. The van der Waals surface area contributed by atoms with E-state index in [-0.39, 0.29) is 5.91 Å². The van der Waals surface area contributed by atoms with E-state index in [1.165, 1.54) is 5.56 Å². The van der Waals surface area contributed by atoms with Crippen molar-refractivity contribution >= 4 is 38.8 Å². The number of amides is 1. The zero-order valence-corrected chi connectivity index (χ0v) is 14.1. The number of halogens is 1. The van der Waals surface area contributed by atoms with Gasteiger partial charge in [-0.2, -0.15) is 0 Å². The van der Waals surface area contributed by atoms with E-state index in [0.29, 0.717) is 5.57 Å². The van der Waals surface area contributed by atoms with Crippen LogP contribution in [-0.2, 0) is 4.79 Å². The van der Waals surface area contributed by atoms with Gasteiger partial charge in [0.1, 0.15) is 0 Å². The number of aryl methyl sites for hydroxylation is 1. The normalized spacial score (nSPS) is 14.9. The van der Waals surface area contributed by atoms with E-state index in [9.17, 15) is 4.79 Å². The lowest BCUT2D eigenvalue weighted by Crippen LogP contribution is -2.17. The highest BCUT2D eigenvalue weighted by atomic mass is 79.9. The zero-order chi connectivity index (χ0) is 15.7. The highest BCUT2D eigenvalue weighted by Crippen LogP contribution is 2.34. The summed E-state index contributed by atoms with van der Waals surface area (Å²) < 4.78 is 0.965. The third kappa shape index (κ3) is 2.79. The number of nitrogens with zero attached hydrogens (tertiary/aromatic N) is 1. The average molecular weight is 357 g/mol. The Morgan fingerprint density at radius 3 is 2.77 bits per heavy atom. The molecule has 1 aliphatic rings. The quantitative estimate of drug-likeness (QED) is 0.816. The minimum absolute atomic E-state index is 0.0563. The number of anilines is 2. The molecule has 1 amide bonds. The predicted molar refractivity (Wildman–Crippen MR) is 94.9 cm³/mol. The first-order chi connectivity index (χ1) is 10.6. The van der Waals surface area contributed by atoms with Crippen LogP contribution in [-0.4, -0.2) is 12.5 Å². The molecule has 0 aromatic heterocycles. The van der Waals surface area contributed by atoms with Crippen molar-refractivity contribution in [1.82, 2.24) is 0 Å². The number of nitrogens with one attached hydrogen (secondary N) is 1. The van der Waals surface area contributed by atoms with E-state index >= 15 is 0 Å². The Kier molecular flexibility index (Phi) is 4.03. The molecule has 3 nitrogen and oxygen atoms in total. The van der Waals surface area contributed by atoms with Crippen molar-refractivity contribution < 1.29 is 4.79 Å². The maximum absolute atomic E-state index is 12.3. The van der Waals surface area contributed by atoms with Crippen LogP contribution in [0.4, 0.5) is 11.4 Å². The van der Waals surface area contributed by atoms with Crippen molar-refractivity contribution in [3.63, 3.8) is 0 Å². The second-order valence-corrected chi connectivity index (χ2v) is 6.23. The molecule has 1 aliphatic heterocycles. The highest BCUT2D eigenvalue weighted by Gasteiger charge is 2.25. The fourth-order valence-corrected chi connectivity index (χ4v) is 2.96. The van der Waals surface area contributed by atoms with Gasteiger partial charge in [-0.05, 0) is 49.7 Å². The van der Waals surface area contributed by atoms with Gasteiger partial charge < -0.3 is 10.2 Å². The van der Waals surface area contributed by atoms with Crippen LogP contribution in [0.1, 0.15) is 18.1 Å².